The maximum absolute atomic E-state index is 14.6. The summed E-state index contributed by atoms with van der Waals surface area (Å²) in [6.45, 7) is 2.43. The molecule has 1 aliphatic carbocycles. The van der Waals surface area contributed by atoms with E-state index in [1.54, 1.807) is 36.4 Å². The van der Waals surface area contributed by atoms with Crippen LogP contribution in [0.1, 0.15) is 42.5 Å². The first kappa shape index (κ1) is 21.3. The van der Waals surface area contributed by atoms with Crippen molar-refractivity contribution in [2.75, 3.05) is 41.8 Å². The fourth-order valence-corrected chi connectivity index (χ4v) is 4.20. The SMILES string of the molecule is O=C(Nc1ccc(N2CCOCC2)c(F)c1)c1cccc(NC(=O)C2CCCCC2)c1. The molecule has 31 heavy (non-hydrogen) atoms. The van der Waals surface area contributed by atoms with Crippen LogP contribution < -0.4 is 15.5 Å². The van der Waals surface area contributed by atoms with Gasteiger partial charge in [0.05, 0.1) is 18.9 Å². The van der Waals surface area contributed by atoms with Crippen LogP contribution in [-0.4, -0.2) is 38.1 Å². The smallest absolute Gasteiger partial charge is 0.255 e. The van der Waals surface area contributed by atoms with E-state index in [0.29, 0.717) is 48.9 Å². The molecule has 2 aromatic rings. The lowest BCUT2D eigenvalue weighted by Crippen LogP contribution is -2.36. The van der Waals surface area contributed by atoms with Gasteiger partial charge in [-0.1, -0.05) is 25.3 Å². The van der Waals surface area contributed by atoms with Crippen molar-refractivity contribution in [1.29, 1.82) is 0 Å². The zero-order chi connectivity index (χ0) is 21.6. The number of hydrogen-bond donors (Lipinski definition) is 2. The van der Waals surface area contributed by atoms with E-state index in [9.17, 15) is 14.0 Å². The zero-order valence-electron chi connectivity index (χ0n) is 17.5. The van der Waals surface area contributed by atoms with Gasteiger partial charge in [-0.25, -0.2) is 4.39 Å². The zero-order valence-corrected chi connectivity index (χ0v) is 17.5. The molecule has 0 aromatic heterocycles. The molecule has 2 fully saturated rings. The summed E-state index contributed by atoms with van der Waals surface area (Å²) >= 11 is 0. The summed E-state index contributed by atoms with van der Waals surface area (Å²) < 4.78 is 19.9. The molecule has 164 valence electrons. The molecule has 0 spiro atoms. The molecule has 1 heterocycles. The third-order valence-electron chi connectivity index (χ3n) is 5.93. The molecule has 2 N–H and O–H groups in total. The molecule has 1 aliphatic heterocycles. The largest absolute Gasteiger partial charge is 0.378 e. The average molecular weight is 426 g/mol. The molecule has 6 nitrogen and oxygen atoms in total. The van der Waals surface area contributed by atoms with Crippen molar-refractivity contribution in [3.8, 4) is 0 Å². The quantitative estimate of drug-likeness (QED) is 0.743. The number of nitrogens with one attached hydrogen (secondary N) is 2. The Morgan fingerprint density at radius 3 is 2.42 bits per heavy atom. The highest BCUT2D eigenvalue weighted by atomic mass is 19.1. The fourth-order valence-electron chi connectivity index (χ4n) is 4.20. The molecule has 0 atom stereocenters. The number of anilines is 3. The molecule has 0 bridgehead atoms. The summed E-state index contributed by atoms with van der Waals surface area (Å²) in [4.78, 5) is 27.1. The summed E-state index contributed by atoms with van der Waals surface area (Å²) in [6.07, 6.45) is 5.19. The first-order valence-corrected chi connectivity index (χ1v) is 10.9. The van der Waals surface area contributed by atoms with Gasteiger partial charge in [0, 0.05) is 35.9 Å². The first-order valence-electron chi connectivity index (χ1n) is 10.9. The second-order valence-corrected chi connectivity index (χ2v) is 8.12. The van der Waals surface area contributed by atoms with Gasteiger partial charge in [0.25, 0.3) is 5.91 Å². The second kappa shape index (κ2) is 9.92. The highest BCUT2D eigenvalue weighted by Crippen LogP contribution is 2.26. The van der Waals surface area contributed by atoms with Crippen LogP contribution in [0.4, 0.5) is 21.5 Å². The minimum absolute atomic E-state index is 0.0121. The number of ether oxygens (including phenoxy) is 1. The van der Waals surface area contributed by atoms with E-state index in [-0.39, 0.29) is 23.5 Å². The van der Waals surface area contributed by atoms with Crippen LogP contribution in [0, 0.1) is 11.7 Å². The minimum atomic E-state index is -0.381. The Labute approximate surface area is 181 Å². The molecule has 7 heteroatoms. The summed E-state index contributed by atoms with van der Waals surface area (Å²) in [6, 6.07) is 11.5. The van der Waals surface area contributed by atoms with E-state index < -0.39 is 0 Å². The van der Waals surface area contributed by atoms with Crippen LogP contribution in [0.25, 0.3) is 0 Å². The fraction of sp³-hybridized carbons (Fsp3) is 0.417. The number of morpholine rings is 1. The molecule has 2 amide bonds. The Balaban J connectivity index is 1.39. The maximum Gasteiger partial charge on any atom is 0.255 e. The Kier molecular flexibility index (Phi) is 6.82. The third kappa shape index (κ3) is 5.41. The van der Waals surface area contributed by atoms with Crippen LogP contribution in [0.3, 0.4) is 0 Å². The Bertz CT molecular complexity index is 937. The van der Waals surface area contributed by atoms with Crippen LogP contribution in [0.2, 0.25) is 0 Å². The lowest BCUT2D eigenvalue weighted by Gasteiger charge is -2.29. The number of carbonyl (C=O) groups is 2. The van der Waals surface area contributed by atoms with Crippen LogP contribution in [0.15, 0.2) is 42.5 Å². The van der Waals surface area contributed by atoms with E-state index in [0.717, 1.165) is 25.7 Å². The van der Waals surface area contributed by atoms with Crippen LogP contribution >= 0.6 is 0 Å². The number of hydrogen-bond acceptors (Lipinski definition) is 4. The molecule has 0 unspecified atom stereocenters. The standard InChI is InChI=1S/C24H28FN3O3/c25-21-16-20(9-10-22(21)28-11-13-31-14-12-28)27-24(30)18-7-4-8-19(15-18)26-23(29)17-5-2-1-3-6-17/h4,7-10,15-17H,1-3,5-6,11-14H2,(H,26,29)(H,27,30). The Morgan fingerprint density at radius 2 is 1.68 bits per heavy atom. The molecule has 2 aromatic carbocycles. The van der Waals surface area contributed by atoms with Gasteiger partial charge in [-0.3, -0.25) is 9.59 Å². The van der Waals surface area contributed by atoms with Gasteiger partial charge in [0.2, 0.25) is 5.91 Å². The summed E-state index contributed by atoms with van der Waals surface area (Å²) in [5, 5.41) is 5.67. The van der Waals surface area contributed by atoms with Gasteiger partial charge < -0.3 is 20.3 Å². The van der Waals surface area contributed by atoms with E-state index in [2.05, 4.69) is 10.6 Å². The van der Waals surface area contributed by atoms with E-state index in [4.69, 9.17) is 4.74 Å². The number of amides is 2. The molecule has 4 rings (SSSR count). The lowest BCUT2D eigenvalue weighted by molar-refractivity contribution is -0.120. The molecule has 2 aliphatic rings. The first-order chi connectivity index (χ1) is 15.1. The van der Waals surface area contributed by atoms with Crippen molar-refractivity contribution < 1.29 is 18.7 Å². The van der Waals surface area contributed by atoms with Gasteiger partial charge in [-0.05, 0) is 49.2 Å². The van der Waals surface area contributed by atoms with E-state index >= 15 is 0 Å². The van der Waals surface area contributed by atoms with E-state index in [1.165, 1.54) is 12.5 Å². The minimum Gasteiger partial charge on any atom is -0.378 e. The number of halogens is 1. The molecule has 1 saturated carbocycles. The van der Waals surface area contributed by atoms with Gasteiger partial charge in [-0.2, -0.15) is 0 Å². The topological polar surface area (TPSA) is 70.7 Å². The van der Waals surface area contributed by atoms with Gasteiger partial charge in [0.15, 0.2) is 0 Å². The summed E-state index contributed by atoms with van der Waals surface area (Å²) in [5.74, 6) is -0.683. The number of nitrogens with zero attached hydrogens (tertiary/aromatic N) is 1. The van der Waals surface area contributed by atoms with Crippen molar-refractivity contribution in [2.45, 2.75) is 32.1 Å². The number of carbonyl (C=O) groups excluding carboxylic acids is 2. The Hall–Kier alpha value is -2.93. The highest BCUT2D eigenvalue weighted by Gasteiger charge is 2.21. The molecular weight excluding hydrogens is 397 g/mol. The number of benzene rings is 2. The monoisotopic (exact) mass is 425 g/mol. The van der Waals surface area contributed by atoms with Gasteiger partial charge in [-0.15, -0.1) is 0 Å². The molecule has 1 saturated heterocycles. The van der Waals surface area contributed by atoms with Crippen LogP contribution in [-0.2, 0) is 9.53 Å². The average Bonchev–Trinajstić information content (AvgIpc) is 2.80. The van der Waals surface area contributed by atoms with Crippen LogP contribution in [0.5, 0.6) is 0 Å². The predicted octanol–water partition coefficient (Wildman–Crippen LogP) is 4.43. The van der Waals surface area contributed by atoms with Gasteiger partial charge >= 0.3 is 0 Å². The van der Waals surface area contributed by atoms with Crippen molar-refractivity contribution in [3.05, 3.63) is 53.8 Å². The van der Waals surface area contributed by atoms with E-state index in [1.807, 2.05) is 4.90 Å². The number of rotatable bonds is 5. The highest BCUT2D eigenvalue weighted by molar-refractivity contribution is 6.05. The summed E-state index contributed by atoms with van der Waals surface area (Å²) in [5.41, 5.74) is 1.89. The molecular formula is C24H28FN3O3. The van der Waals surface area contributed by atoms with Crippen molar-refractivity contribution in [1.82, 2.24) is 0 Å². The van der Waals surface area contributed by atoms with Gasteiger partial charge in [0.1, 0.15) is 5.82 Å². The van der Waals surface area contributed by atoms with Crippen molar-refractivity contribution in [2.24, 2.45) is 5.92 Å². The Morgan fingerprint density at radius 1 is 0.935 bits per heavy atom. The predicted molar refractivity (Wildman–Crippen MR) is 119 cm³/mol. The summed E-state index contributed by atoms with van der Waals surface area (Å²) in [7, 11) is 0. The normalized spacial score (nSPS) is 17.3. The maximum atomic E-state index is 14.6. The second-order valence-electron chi connectivity index (χ2n) is 8.12. The van der Waals surface area contributed by atoms with Crippen molar-refractivity contribution in [3.63, 3.8) is 0 Å². The molecule has 0 radical (unpaired) electrons. The van der Waals surface area contributed by atoms with Crippen molar-refractivity contribution >= 4 is 28.9 Å². The lowest BCUT2D eigenvalue weighted by atomic mass is 9.88. The third-order valence-corrected chi connectivity index (χ3v) is 5.93.